The summed E-state index contributed by atoms with van der Waals surface area (Å²) >= 11 is 0. The number of fused-ring (bicyclic) bond motifs is 2. The summed E-state index contributed by atoms with van der Waals surface area (Å²) in [6.45, 7) is 10.4. The van der Waals surface area contributed by atoms with Gasteiger partial charge in [0.25, 0.3) is 0 Å². The second-order valence-electron chi connectivity index (χ2n) is 7.81. The van der Waals surface area contributed by atoms with E-state index >= 15 is 0 Å². The van der Waals surface area contributed by atoms with Crippen LogP contribution in [0, 0.1) is 29.6 Å². The van der Waals surface area contributed by atoms with Crippen LogP contribution in [0.5, 0.6) is 0 Å². The van der Waals surface area contributed by atoms with E-state index in [9.17, 15) is 9.59 Å². The van der Waals surface area contributed by atoms with Gasteiger partial charge in [0.1, 0.15) is 12.1 Å². The lowest BCUT2D eigenvalue weighted by atomic mass is 9.70. The molecule has 3 fully saturated rings. The van der Waals surface area contributed by atoms with Gasteiger partial charge in [-0.25, -0.2) is 0 Å². The number of hydrogen-bond acceptors (Lipinski definition) is 3. The maximum absolute atomic E-state index is 12.8. The molecule has 6 atom stereocenters. The van der Waals surface area contributed by atoms with E-state index in [0.717, 1.165) is 19.1 Å². The van der Waals surface area contributed by atoms with Gasteiger partial charge >= 0.3 is 0 Å². The minimum absolute atomic E-state index is 0.160. The van der Waals surface area contributed by atoms with Gasteiger partial charge in [-0.1, -0.05) is 19.1 Å². The van der Waals surface area contributed by atoms with Crippen LogP contribution < -0.4 is 0 Å². The molecule has 0 amide bonds. The zero-order valence-electron chi connectivity index (χ0n) is 13.3. The Morgan fingerprint density at radius 2 is 2.00 bits per heavy atom. The molecule has 21 heavy (non-hydrogen) atoms. The molecule has 116 valence electrons. The molecule has 2 aliphatic carbocycles. The minimum Gasteiger partial charge on any atom is -0.370 e. The highest BCUT2D eigenvalue weighted by Crippen LogP contribution is 2.50. The van der Waals surface area contributed by atoms with E-state index in [1.54, 1.807) is 0 Å². The van der Waals surface area contributed by atoms with Gasteiger partial charge in [0, 0.05) is 6.42 Å². The zero-order valence-corrected chi connectivity index (χ0v) is 13.3. The van der Waals surface area contributed by atoms with Gasteiger partial charge in [-0.15, -0.1) is 0 Å². The number of hydrogen-bond donors (Lipinski definition) is 0. The van der Waals surface area contributed by atoms with Crippen LogP contribution in [0.25, 0.3) is 0 Å². The number of carbonyl (C=O) groups excluding carboxylic acids is 2. The summed E-state index contributed by atoms with van der Waals surface area (Å²) in [6.07, 6.45) is 4.43. The lowest BCUT2D eigenvalue weighted by Crippen LogP contribution is -2.37. The predicted molar refractivity (Wildman–Crippen MR) is 80.8 cm³/mol. The molecule has 3 rings (SSSR count). The van der Waals surface area contributed by atoms with Crippen LogP contribution in [-0.4, -0.2) is 23.8 Å². The minimum atomic E-state index is -0.544. The molecule has 0 unspecified atom stereocenters. The summed E-state index contributed by atoms with van der Waals surface area (Å²) in [5.41, 5.74) is 0.687. The summed E-state index contributed by atoms with van der Waals surface area (Å²) in [5.74, 6) is 1.10. The van der Waals surface area contributed by atoms with Crippen molar-refractivity contribution >= 4 is 12.1 Å². The van der Waals surface area contributed by atoms with Gasteiger partial charge < -0.3 is 9.53 Å². The Morgan fingerprint density at radius 1 is 1.29 bits per heavy atom. The van der Waals surface area contributed by atoms with Crippen molar-refractivity contribution in [3.63, 3.8) is 0 Å². The molecular formula is C18H26O3. The summed E-state index contributed by atoms with van der Waals surface area (Å²) in [6, 6.07) is 0. The van der Waals surface area contributed by atoms with Crippen molar-refractivity contribution in [2.45, 2.75) is 58.2 Å². The normalized spacial score (nSPS) is 45.7. The third-order valence-electron chi connectivity index (χ3n) is 6.17. The average Bonchev–Trinajstić information content (AvgIpc) is 2.86. The zero-order chi connectivity index (χ0) is 15.4. The van der Waals surface area contributed by atoms with Gasteiger partial charge in [0.2, 0.25) is 0 Å². The van der Waals surface area contributed by atoms with E-state index in [4.69, 9.17) is 4.74 Å². The van der Waals surface area contributed by atoms with Crippen LogP contribution in [0.3, 0.4) is 0 Å². The van der Waals surface area contributed by atoms with Crippen molar-refractivity contribution in [1.29, 1.82) is 0 Å². The number of rotatable bonds is 1. The van der Waals surface area contributed by atoms with E-state index in [-0.39, 0.29) is 23.7 Å². The lowest BCUT2D eigenvalue weighted by Gasteiger charge is -2.32. The molecule has 0 aromatic heterocycles. The van der Waals surface area contributed by atoms with Crippen molar-refractivity contribution in [1.82, 2.24) is 0 Å². The van der Waals surface area contributed by atoms with Crippen molar-refractivity contribution in [2.75, 3.05) is 0 Å². The summed E-state index contributed by atoms with van der Waals surface area (Å²) < 4.78 is 6.09. The maximum Gasteiger partial charge on any atom is 0.139 e. The SMILES string of the molecule is C=C1C[C@@H]2OC(C)(C)[C@H](C=O)[C@H]2C(=O)C[C@H]2[C@H](C)CC[C@@H]12. The van der Waals surface area contributed by atoms with Crippen LogP contribution in [0.2, 0.25) is 0 Å². The summed E-state index contributed by atoms with van der Waals surface area (Å²) in [7, 11) is 0. The fourth-order valence-electron chi connectivity index (χ4n) is 4.93. The third-order valence-corrected chi connectivity index (χ3v) is 6.17. The fourth-order valence-corrected chi connectivity index (χ4v) is 4.93. The topological polar surface area (TPSA) is 43.4 Å². The van der Waals surface area contributed by atoms with Crippen LogP contribution >= 0.6 is 0 Å². The molecule has 0 aromatic carbocycles. The first-order chi connectivity index (χ1) is 9.85. The highest BCUT2D eigenvalue weighted by atomic mass is 16.5. The van der Waals surface area contributed by atoms with E-state index < -0.39 is 5.60 Å². The molecule has 1 heterocycles. The molecule has 3 aliphatic rings. The Kier molecular flexibility index (Phi) is 3.59. The van der Waals surface area contributed by atoms with Crippen molar-refractivity contribution in [2.24, 2.45) is 29.6 Å². The Hall–Kier alpha value is -0.960. The molecule has 3 nitrogen and oxygen atoms in total. The molecule has 1 aliphatic heterocycles. The predicted octanol–water partition coefficient (Wildman–Crippen LogP) is 3.18. The van der Waals surface area contributed by atoms with E-state index in [1.807, 2.05) is 13.8 Å². The Labute approximate surface area is 127 Å². The smallest absolute Gasteiger partial charge is 0.139 e. The number of ether oxygens (including phenoxy) is 1. The highest BCUT2D eigenvalue weighted by Gasteiger charge is 2.54. The Balaban J connectivity index is 1.93. The monoisotopic (exact) mass is 290 g/mol. The highest BCUT2D eigenvalue weighted by molar-refractivity contribution is 5.86. The second kappa shape index (κ2) is 5.05. The molecule has 1 saturated heterocycles. The summed E-state index contributed by atoms with van der Waals surface area (Å²) in [4.78, 5) is 24.4. The van der Waals surface area contributed by atoms with Crippen LogP contribution in [0.4, 0.5) is 0 Å². The van der Waals surface area contributed by atoms with Gasteiger partial charge in [-0.2, -0.15) is 0 Å². The van der Waals surface area contributed by atoms with Gasteiger partial charge in [-0.05, 0) is 50.9 Å². The average molecular weight is 290 g/mol. The van der Waals surface area contributed by atoms with E-state index in [2.05, 4.69) is 13.5 Å². The molecule has 2 saturated carbocycles. The van der Waals surface area contributed by atoms with Crippen LogP contribution in [0.1, 0.15) is 46.5 Å². The molecule has 0 radical (unpaired) electrons. The Bertz CT molecular complexity index is 479. The summed E-state index contributed by atoms with van der Waals surface area (Å²) in [5, 5.41) is 0. The first kappa shape index (κ1) is 15.0. The largest absolute Gasteiger partial charge is 0.370 e. The van der Waals surface area contributed by atoms with Gasteiger partial charge in [0.05, 0.1) is 23.5 Å². The van der Waals surface area contributed by atoms with E-state index in [1.165, 1.54) is 12.0 Å². The number of Topliss-reactive ketones (excluding diaryl/α,β-unsaturated/α-hetero) is 1. The quantitative estimate of drug-likeness (QED) is 0.550. The maximum atomic E-state index is 12.8. The standard InChI is InChI=1S/C18H26O3/c1-10-5-6-12-11(2)7-16-17(15(20)8-13(10)12)14(9-19)18(3,4)21-16/h9-10,12-14,16-17H,2,5-8H2,1,3-4H3/t10-,12+,13+,14-,16+,17+/m1/s1. The number of aldehydes is 1. The lowest BCUT2D eigenvalue weighted by molar-refractivity contribution is -0.129. The second-order valence-corrected chi connectivity index (χ2v) is 7.81. The van der Waals surface area contributed by atoms with Crippen molar-refractivity contribution < 1.29 is 14.3 Å². The van der Waals surface area contributed by atoms with Gasteiger partial charge in [0.15, 0.2) is 0 Å². The third kappa shape index (κ3) is 2.30. The first-order valence-electron chi connectivity index (χ1n) is 8.18. The van der Waals surface area contributed by atoms with Crippen molar-refractivity contribution in [3.8, 4) is 0 Å². The Morgan fingerprint density at radius 3 is 2.67 bits per heavy atom. The molecular weight excluding hydrogens is 264 g/mol. The first-order valence-corrected chi connectivity index (χ1v) is 8.18. The van der Waals surface area contributed by atoms with Crippen molar-refractivity contribution in [3.05, 3.63) is 12.2 Å². The van der Waals surface area contributed by atoms with Crippen LogP contribution in [0.15, 0.2) is 12.2 Å². The molecule has 0 spiro atoms. The van der Waals surface area contributed by atoms with E-state index in [0.29, 0.717) is 24.2 Å². The molecule has 0 bridgehead atoms. The molecule has 0 aromatic rings. The number of ketones is 1. The molecule has 3 heteroatoms. The van der Waals surface area contributed by atoms with Crippen LogP contribution in [-0.2, 0) is 14.3 Å². The molecule has 0 N–H and O–H groups in total. The number of carbonyl (C=O) groups is 2. The van der Waals surface area contributed by atoms with Gasteiger partial charge in [-0.3, -0.25) is 4.79 Å². The fraction of sp³-hybridized carbons (Fsp3) is 0.778.